The second-order valence-corrected chi connectivity index (χ2v) is 7.38. The van der Waals surface area contributed by atoms with Gasteiger partial charge in [-0.2, -0.15) is 0 Å². The Kier molecular flexibility index (Phi) is 5.64. The van der Waals surface area contributed by atoms with Crippen LogP contribution in [0.2, 0.25) is 0 Å². The third-order valence-electron chi connectivity index (χ3n) is 5.65. The van der Waals surface area contributed by atoms with E-state index in [0.29, 0.717) is 19.5 Å². The van der Waals surface area contributed by atoms with Crippen LogP contribution >= 0.6 is 0 Å². The second kappa shape index (κ2) is 7.94. The van der Waals surface area contributed by atoms with Crippen LogP contribution in [0.3, 0.4) is 0 Å². The molecule has 26 heavy (non-hydrogen) atoms. The topological polar surface area (TPSA) is 52.7 Å². The average Bonchev–Trinajstić information content (AvgIpc) is 2.65. The van der Waals surface area contributed by atoms with Gasteiger partial charge >= 0.3 is 6.03 Å². The van der Waals surface area contributed by atoms with Crippen molar-refractivity contribution in [3.8, 4) is 0 Å². The van der Waals surface area contributed by atoms with Crippen molar-refractivity contribution in [2.45, 2.75) is 51.0 Å². The fraction of sp³-hybridized carbons (Fsp3) is 0.524. The predicted octanol–water partition coefficient (Wildman–Crippen LogP) is 3.81. The van der Waals surface area contributed by atoms with Gasteiger partial charge in [-0.25, -0.2) is 4.79 Å². The number of rotatable bonds is 4. The van der Waals surface area contributed by atoms with Gasteiger partial charge in [-0.05, 0) is 49.8 Å². The van der Waals surface area contributed by atoms with Crippen LogP contribution in [0, 0.1) is 0 Å². The lowest BCUT2D eigenvalue weighted by Gasteiger charge is -2.51. The summed E-state index contributed by atoms with van der Waals surface area (Å²) in [6.07, 6.45) is 7.08. The van der Waals surface area contributed by atoms with Gasteiger partial charge in [0.25, 0.3) is 0 Å². The molecule has 1 N–H and O–H groups in total. The van der Waals surface area contributed by atoms with Crippen molar-refractivity contribution in [3.63, 3.8) is 0 Å². The van der Waals surface area contributed by atoms with E-state index in [-0.39, 0.29) is 17.5 Å². The summed E-state index contributed by atoms with van der Waals surface area (Å²) in [6.45, 7) is 7.81. The number of carbonyl (C=O) groups excluding carboxylic acids is 2. The highest BCUT2D eigenvalue weighted by Crippen LogP contribution is 2.36. The monoisotopic (exact) mass is 355 g/mol. The summed E-state index contributed by atoms with van der Waals surface area (Å²) in [5, 5.41) is 3.03. The normalized spacial score (nSPS) is 23.2. The molecule has 1 unspecified atom stereocenters. The molecule has 5 heteroatoms. The van der Waals surface area contributed by atoms with Gasteiger partial charge in [-0.3, -0.25) is 4.79 Å². The van der Waals surface area contributed by atoms with Crippen LogP contribution in [-0.2, 0) is 11.2 Å². The Balaban J connectivity index is 1.73. The number of likely N-dealkylation sites (tertiary alicyclic amines) is 2. The first-order chi connectivity index (χ1) is 12.6. The summed E-state index contributed by atoms with van der Waals surface area (Å²) in [5.41, 5.74) is 1.80. The molecule has 5 nitrogen and oxygen atoms in total. The minimum absolute atomic E-state index is 0.0751. The number of nitrogens with zero attached hydrogens (tertiary/aromatic N) is 2. The number of piperidine rings is 2. The van der Waals surface area contributed by atoms with Gasteiger partial charge in [0.05, 0.1) is 5.54 Å². The maximum Gasteiger partial charge on any atom is 0.321 e. The Bertz CT molecular complexity index is 684. The van der Waals surface area contributed by atoms with E-state index in [4.69, 9.17) is 0 Å². The van der Waals surface area contributed by atoms with Crippen molar-refractivity contribution >= 4 is 17.6 Å². The summed E-state index contributed by atoms with van der Waals surface area (Å²) in [6, 6.07) is 7.90. The first-order valence-electron chi connectivity index (χ1n) is 9.64. The van der Waals surface area contributed by atoms with Gasteiger partial charge in [-0.15, -0.1) is 6.58 Å². The van der Waals surface area contributed by atoms with Crippen molar-refractivity contribution in [2.24, 2.45) is 0 Å². The molecule has 0 radical (unpaired) electrons. The number of anilines is 1. The lowest BCUT2D eigenvalue weighted by Crippen LogP contribution is -2.63. The molecule has 1 spiro atoms. The van der Waals surface area contributed by atoms with Crippen molar-refractivity contribution in [1.82, 2.24) is 9.80 Å². The molecular weight excluding hydrogens is 326 g/mol. The van der Waals surface area contributed by atoms with Crippen LogP contribution in [0.15, 0.2) is 36.9 Å². The SMILES string of the molecule is C=CCN1C(=O)CCCC12CCCN(C(=O)Nc1cccc(CC)c1)C2. The summed E-state index contributed by atoms with van der Waals surface area (Å²) in [4.78, 5) is 29.1. The van der Waals surface area contributed by atoms with Crippen LogP contribution in [0.5, 0.6) is 0 Å². The molecule has 2 heterocycles. The summed E-state index contributed by atoms with van der Waals surface area (Å²) >= 11 is 0. The molecule has 0 aliphatic carbocycles. The molecule has 2 fully saturated rings. The van der Waals surface area contributed by atoms with E-state index in [1.807, 2.05) is 28.0 Å². The van der Waals surface area contributed by atoms with E-state index in [9.17, 15) is 9.59 Å². The van der Waals surface area contributed by atoms with Gasteiger partial charge in [0.2, 0.25) is 5.91 Å². The van der Waals surface area contributed by atoms with Crippen LogP contribution in [-0.4, -0.2) is 46.9 Å². The minimum atomic E-state index is -0.232. The molecule has 1 aromatic rings. The molecule has 3 rings (SSSR count). The third-order valence-corrected chi connectivity index (χ3v) is 5.65. The standard InChI is InChI=1S/C21H29N3O2/c1-3-13-24-19(25)10-6-11-21(24)12-7-14-23(16-21)20(26)22-18-9-5-8-17(4-2)15-18/h3,5,8-9,15H,1,4,6-7,10-14,16H2,2H3,(H,22,26). The van der Waals surface area contributed by atoms with Crippen molar-refractivity contribution in [3.05, 3.63) is 42.5 Å². The summed E-state index contributed by atoms with van der Waals surface area (Å²) in [7, 11) is 0. The fourth-order valence-electron chi connectivity index (χ4n) is 4.31. The van der Waals surface area contributed by atoms with Crippen molar-refractivity contribution in [1.29, 1.82) is 0 Å². The molecule has 0 aromatic heterocycles. The van der Waals surface area contributed by atoms with Gasteiger partial charge in [-0.1, -0.05) is 25.1 Å². The van der Waals surface area contributed by atoms with E-state index in [1.54, 1.807) is 6.08 Å². The molecule has 1 aromatic carbocycles. The van der Waals surface area contributed by atoms with Gasteiger partial charge < -0.3 is 15.1 Å². The Morgan fingerprint density at radius 1 is 1.35 bits per heavy atom. The van der Waals surface area contributed by atoms with E-state index >= 15 is 0 Å². The third kappa shape index (κ3) is 3.76. The number of amides is 3. The van der Waals surface area contributed by atoms with E-state index in [0.717, 1.165) is 44.3 Å². The Hall–Kier alpha value is -2.30. The maximum atomic E-state index is 12.8. The highest BCUT2D eigenvalue weighted by molar-refractivity contribution is 5.89. The zero-order chi connectivity index (χ0) is 18.6. The zero-order valence-electron chi connectivity index (χ0n) is 15.7. The number of hydrogen-bond acceptors (Lipinski definition) is 2. The van der Waals surface area contributed by atoms with Crippen LogP contribution in [0.4, 0.5) is 10.5 Å². The first-order valence-corrected chi connectivity index (χ1v) is 9.64. The highest BCUT2D eigenvalue weighted by atomic mass is 16.2. The second-order valence-electron chi connectivity index (χ2n) is 7.38. The Labute approximate surface area is 156 Å². The maximum absolute atomic E-state index is 12.8. The molecule has 0 saturated carbocycles. The molecule has 0 bridgehead atoms. The van der Waals surface area contributed by atoms with Gasteiger partial charge in [0, 0.05) is 31.7 Å². The number of benzene rings is 1. The molecule has 140 valence electrons. The Morgan fingerprint density at radius 3 is 2.92 bits per heavy atom. The molecule has 1 atom stereocenters. The number of nitrogens with one attached hydrogen (secondary N) is 1. The van der Waals surface area contributed by atoms with Gasteiger partial charge in [0.15, 0.2) is 0 Å². The highest BCUT2D eigenvalue weighted by Gasteiger charge is 2.45. The van der Waals surface area contributed by atoms with Crippen LogP contribution in [0.25, 0.3) is 0 Å². The van der Waals surface area contributed by atoms with Crippen LogP contribution < -0.4 is 5.32 Å². The lowest BCUT2D eigenvalue weighted by molar-refractivity contribution is -0.143. The Morgan fingerprint density at radius 2 is 2.15 bits per heavy atom. The quantitative estimate of drug-likeness (QED) is 0.835. The summed E-state index contributed by atoms with van der Waals surface area (Å²) < 4.78 is 0. The van der Waals surface area contributed by atoms with Gasteiger partial charge in [0.1, 0.15) is 0 Å². The number of aryl methyl sites for hydroxylation is 1. The lowest BCUT2D eigenvalue weighted by atomic mass is 9.79. The van der Waals surface area contributed by atoms with Crippen molar-refractivity contribution in [2.75, 3.05) is 25.0 Å². The number of urea groups is 1. The molecular formula is C21H29N3O2. The van der Waals surface area contributed by atoms with E-state index in [1.165, 1.54) is 5.56 Å². The summed E-state index contributed by atoms with van der Waals surface area (Å²) in [5.74, 6) is 0.189. The molecule has 2 saturated heterocycles. The minimum Gasteiger partial charge on any atom is -0.332 e. The largest absolute Gasteiger partial charge is 0.332 e. The van der Waals surface area contributed by atoms with E-state index < -0.39 is 0 Å². The molecule has 3 amide bonds. The van der Waals surface area contributed by atoms with E-state index in [2.05, 4.69) is 24.9 Å². The molecule has 2 aliphatic heterocycles. The molecule has 2 aliphatic rings. The average molecular weight is 355 g/mol. The fourth-order valence-corrected chi connectivity index (χ4v) is 4.31. The first kappa shape index (κ1) is 18.5. The van der Waals surface area contributed by atoms with Crippen LogP contribution in [0.1, 0.15) is 44.6 Å². The number of hydrogen-bond donors (Lipinski definition) is 1. The smallest absolute Gasteiger partial charge is 0.321 e. The van der Waals surface area contributed by atoms with Crippen molar-refractivity contribution < 1.29 is 9.59 Å². The predicted molar refractivity (Wildman–Crippen MR) is 104 cm³/mol. The number of carbonyl (C=O) groups is 2. The zero-order valence-corrected chi connectivity index (χ0v) is 15.7.